The summed E-state index contributed by atoms with van der Waals surface area (Å²) in [6.07, 6.45) is 1.52. The molecule has 0 atom stereocenters. The maximum absolute atomic E-state index is 12.9. The highest BCUT2D eigenvalue weighted by Gasteiger charge is 2.38. The van der Waals surface area contributed by atoms with E-state index in [0.717, 1.165) is 16.2 Å². The molecule has 0 saturated carbocycles. The lowest BCUT2D eigenvalue weighted by molar-refractivity contribution is -0.136. The zero-order chi connectivity index (χ0) is 20.3. The summed E-state index contributed by atoms with van der Waals surface area (Å²) in [5.41, 5.74) is 3.49. The van der Waals surface area contributed by atoms with Crippen molar-refractivity contribution < 1.29 is 14.4 Å². The molecule has 0 aliphatic carbocycles. The van der Waals surface area contributed by atoms with E-state index >= 15 is 0 Å². The number of amides is 3. The summed E-state index contributed by atoms with van der Waals surface area (Å²) in [6, 6.07) is 14.4. The number of imide groups is 1. The Hall–Kier alpha value is -3.67. The number of anilines is 2. The third-order valence-corrected chi connectivity index (χ3v) is 4.26. The molecule has 142 valence electrons. The van der Waals surface area contributed by atoms with Gasteiger partial charge in [0.15, 0.2) is 0 Å². The van der Waals surface area contributed by atoms with E-state index in [4.69, 9.17) is 0 Å². The van der Waals surface area contributed by atoms with Gasteiger partial charge in [-0.05, 0) is 42.3 Å². The van der Waals surface area contributed by atoms with Gasteiger partial charge in [-0.2, -0.15) is 0 Å². The number of rotatable bonds is 6. The van der Waals surface area contributed by atoms with Crippen LogP contribution in [0.3, 0.4) is 0 Å². The third kappa shape index (κ3) is 3.86. The van der Waals surface area contributed by atoms with E-state index in [-0.39, 0.29) is 24.1 Å². The number of aryl methyl sites for hydroxylation is 1. The van der Waals surface area contributed by atoms with Crippen LogP contribution in [0.1, 0.15) is 18.1 Å². The molecular formula is C22H21N3O3. The van der Waals surface area contributed by atoms with Crippen molar-refractivity contribution in [1.82, 2.24) is 4.90 Å². The van der Waals surface area contributed by atoms with Crippen molar-refractivity contribution in [2.45, 2.75) is 13.8 Å². The molecule has 0 bridgehead atoms. The Labute approximate surface area is 163 Å². The molecule has 28 heavy (non-hydrogen) atoms. The van der Waals surface area contributed by atoms with Crippen LogP contribution in [-0.2, 0) is 14.4 Å². The van der Waals surface area contributed by atoms with Crippen molar-refractivity contribution in [3.63, 3.8) is 0 Å². The molecule has 3 amide bonds. The van der Waals surface area contributed by atoms with Crippen LogP contribution in [0.2, 0.25) is 0 Å². The van der Waals surface area contributed by atoms with Crippen LogP contribution in [0.25, 0.3) is 5.57 Å². The fourth-order valence-corrected chi connectivity index (χ4v) is 3.05. The second kappa shape index (κ2) is 7.92. The summed E-state index contributed by atoms with van der Waals surface area (Å²) in [6.45, 7) is 7.13. The van der Waals surface area contributed by atoms with Gasteiger partial charge >= 0.3 is 0 Å². The highest BCUT2D eigenvalue weighted by Crippen LogP contribution is 2.31. The van der Waals surface area contributed by atoms with E-state index < -0.39 is 5.91 Å². The topological polar surface area (TPSA) is 78.5 Å². The van der Waals surface area contributed by atoms with E-state index in [2.05, 4.69) is 17.2 Å². The Kier molecular flexibility index (Phi) is 5.40. The number of nitrogens with zero attached hydrogens (tertiary/aromatic N) is 1. The summed E-state index contributed by atoms with van der Waals surface area (Å²) >= 11 is 0. The van der Waals surface area contributed by atoms with Crippen molar-refractivity contribution in [2.24, 2.45) is 0 Å². The summed E-state index contributed by atoms with van der Waals surface area (Å²) < 4.78 is 0. The van der Waals surface area contributed by atoms with Gasteiger partial charge in [0.1, 0.15) is 5.70 Å². The van der Waals surface area contributed by atoms with Gasteiger partial charge in [0, 0.05) is 24.8 Å². The molecule has 0 aromatic heterocycles. The molecule has 0 radical (unpaired) electrons. The second-order valence-electron chi connectivity index (χ2n) is 6.51. The first kappa shape index (κ1) is 19.1. The summed E-state index contributed by atoms with van der Waals surface area (Å²) in [5, 5.41) is 5.79. The fraction of sp³-hybridized carbons (Fsp3) is 0.136. The lowest BCUT2D eigenvalue weighted by Gasteiger charge is -2.12. The largest absolute Gasteiger partial charge is 0.350 e. The van der Waals surface area contributed by atoms with Gasteiger partial charge in [0.25, 0.3) is 11.8 Å². The van der Waals surface area contributed by atoms with Crippen molar-refractivity contribution in [3.05, 3.63) is 78.0 Å². The molecule has 1 heterocycles. The smallest absolute Gasteiger partial charge is 0.278 e. The molecule has 2 aromatic rings. The quantitative estimate of drug-likeness (QED) is 0.600. The molecule has 0 fully saturated rings. The first-order valence-corrected chi connectivity index (χ1v) is 8.84. The van der Waals surface area contributed by atoms with Crippen molar-refractivity contribution in [1.29, 1.82) is 0 Å². The maximum atomic E-state index is 12.9. The number of nitrogens with one attached hydrogen (secondary N) is 2. The molecule has 6 heteroatoms. The third-order valence-electron chi connectivity index (χ3n) is 4.26. The molecule has 0 saturated heterocycles. The Morgan fingerprint density at radius 3 is 2.39 bits per heavy atom. The summed E-state index contributed by atoms with van der Waals surface area (Å²) in [5.74, 6) is -0.960. The van der Waals surface area contributed by atoms with Crippen LogP contribution in [0.15, 0.2) is 66.9 Å². The number of carbonyl (C=O) groups excluding carboxylic acids is 3. The van der Waals surface area contributed by atoms with E-state index in [1.54, 1.807) is 24.3 Å². The minimum atomic E-state index is -0.396. The standard InChI is InChI=1S/C22H21N3O3/c1-4-12-25-21(27)19(16-8-10-17(11-9-16)23-15(3)26)20(22(25)28)24-18-7-5-6-14(2)13-18/h4-11,13,24H,1,12H2,2-3H3,(H,23,26). The lowest BCUT2D eigenvalue weighted by atomic mass is 10.0. The monoisotopic (exact) mass is 375 g/mol. The molecule has 1 aliphatic heterocycles. The molecule has 1 aliphatic rings. The zero-order valence-electron chi connectivity index (χ0n) is 15.8. The lowest BCUT2D eigenvalue weighted by Crippen LogP contribution is -2.32. The maximum Gasteiger partial charge on any atom is 0.278 e. The van der Waals surface area contributed by atoms with Gasteiger partial charge < -0.3 is 10.6 Å². The molecule has 0 spiro atoms. The number of benzene rings is 2. The predicted molar refractivity (Wildman–Crippen MR) is 109 cm³/mol. The number of hydrogen-bond acceptors (Lipinski definition) is 4. The Morgan fingerprint density at radius 2 is 1.79 bits per heavy atom. The van der Waals surface area contributed by atoms with Gasteiger partial charge in [0.05, 0.1) is 5.57 Å². The molecule has 3 rings (SSSR count). The van der Waals surface area contributed by atoms with Crippen LogP contribution in [-0.4, -0.2) is 29.2 Å². The van der Waals surface area contributed by atoms with Gasteiger partial charge in [-0.15, -0.1) is 6.58 Å². The molecule has 6 nitrogen and oxygen atoms in total. The highest BCUT2D eigenvalue weighted by atomic mass is 16.2. The highest BCUT2D eigenvalue weighted by molar-refractivity contribution is 6.36. The average Bonchev–Trinajstić information content (AvgIpc) is 2.87. The Balaban J connectivity index is 2.03. The zero-order valence-corrected chi connectivity index (χ0v) is 15.8. The fourth-order valence-electron chi connectivity index (χ4n) is 3.05. The van der Waals surface area contributed by atoms with Crippen molar-refractivity contribution in [2.75, 3.05) is 17.2 Å². The van der Waals surface area contributed by atoms with Crippen LogP contribution in [0.5, 0.6) is 0 Å². The van der Waals surface area contributed by atoms with Crippen LogP contribution < -0.4 is 10.6 Å². The van der Waals surface area contributed by atoms with E-state index in [0.29, 0.717) is 16.8 Å². The molecular weight excluding hydrogens is 354 g/mol. The van der Waals surface area contributed by atoms with Crippen molar-refractivity contribution >= 4 is 34.7 Å². The minimum Gasteiger partial charge on any atom is -0.350 e. The first-order chi connectivity index (χ1) is 13.4. The minimum absolute atomic E-state index is 0.129. The van der Waals surface area contributed by atoms with Crippen LogP contribution in [0, 0.1) is 6.92 Å². The van der Waals surface area contributed by atoms with Crippen LogP contribution in [0.4, 0.5) is 11.4 Å². The van der Waals surface area contributed by atoms with Gasteiger partial charge in [0.2, 0.25) is 5.91 Å². The normalized spacial score (nSPS) is 13.7. The van der Waals surface area contributed by atoms with E-state index in [9.17, 15) is 14.4 Å². The second-order valence-corrected chi connectivity index (χ2v) is 6.51. The molecule has 2 aromatic carbocycles. The summed E-state index contributed by atoms with van der Waals surface area (Å²) in [7, 11) is 0. The first-order valence-electron chi connectivity index (χ1n) is 8.84. The summed E-state index contributed by atoms with van der Waals surface area (Å²) in [4.78, 5) is 38.2. The molecule has 2 N–H and O–H groups in total. The van der Waals surface area contributed by atoms with Crippen LogP contribution >= 0.6 is 0 Å². The SMILES string of the molecule is C=CCN1C(=O)C(Nc2cccc(C)c2)=C(c2ccc(NC(C)=O)cc2)C1=O. The number of carbonyl (C=O) groups is 3. The Bertz CT molecular complexity index is 990. The molecule has 0 unspecified atom stereocenters. The van der Waals surface area contributed by atoms with Gasteiger partial charge in [-0.25, -0.2) is 0 Å². The van der Waals surface area contributed by atoms with E-state index in [1.165, 1.54) is 13.0 Å². The Morgan fingerprint density at radius 1 is 1.07 bits per heavy atom. The predicted octanol–water partition coefficient (Wildman–Crippen LogP) is 3.33. The van der Waals surface area contributed by atoms with Crippen molar-refractivity contribution in [3.8, 4) is 0 Å². The number of hydrogen-bond donors (Lipinski definition) is 2. The van der Waals surface area contributed by atoms with E-state index in [1.807, 2.05) is 31.2 Å². The van der Waals surface area contributed by atoms with Gasteiger partial charge in [-0.1, -0.05) is 30.3 Å². The van der Waals surface area contributed by atoms with Gasteiger partial charge in [-0.3, -0.25) is 19.3 Å². The average molecular weight is 375 g/mol.